The molecule has 178 valence electrons. The number of nitrogens with zero attached hydrogens (tertiary/aromatic N) is 1. The first-order valence-corrected chi connectivity index (χ1v) is 10.8. The maximum atomic E-state index is 12.6. The Bertz CT molecular complexity index is 779. The van der Waals surface area contributed by atoms with Gasteiger partial charge in [0.15, 0.2) is 17.5 Å². The minimum atomic E-state index is -0.999. The molecule has 1 aromatic rings. The zero-order chi connectivity index (χ0) is 23.5. The molecule has 3 rings (SSSR count). The van der Waals surface area contributed by atoms with Crippen molar-refractivity contribution >= 4 is 17.8 Å². The predicted molar refractivity (Wildman–Crippen MR) is 113 cm³/mol. The molecule has 1 aliphatic carbocycles. The van der Waals surface area contributed by atoms with Gasteiger partial charge >= 0.3 is 11.9 Å². The van der Waals surface area contributed by atoms with E-state index in [1.165, 1.54) is 39.1 Å². The van der Waals surface area contributed by atoms with Crippen LogP contribution in [0.1, 0.15) is 62.9 Å². The number of aliphatic hydroxyl groups excluding tert-OH is 1. The van der Waals surface area contributed by atoms with Crippen LogP contribution in [0.4, 0.5) is 0 Å². The molecule has 0 bridgehead atoms. The molecule has 1 saturated carbocycles. The lowest BCUT2D eigenvalue weighted by Crippen LogP contribution is -2.45. The van der Waals surface area contributed by atoms with Crippen molar-refractivity contribution in [2.75, 3.05) is 20.3 Å². The Kier molecular flexibility index (Phi) is 10.4. The lowest BCUT2D eigenvalue weighted by atomic mass is 10.2. The summed E-state index contributed by atoms with van der Waals surface area (Å²) < 4.78 is 20.9. The second kappa shape index (κ2) is 13.0. The van der Waals surface area contributed by atoms with E-state index in [1.807, 2.05) is 0 Å². The molecule has 2 aliphatic rings. The lowest BCUT2D eigenvalue weighted by molar-refractivity contribution is -0.151. The largest absolute Gasteiger partial charge is 0.493 e. The van der Waals surface area contributed by atoms with Gasteiger partial charge in [-0.05, 0) is 32.6 Å². The van der Waals surface area contributed by atoms with Crippen molar-refractivity contribution in [3.8, 4) is 11.5 Å². The van der Waals surface area contributed by atoms with Gasteiger partial charge < -0.3 is 29.4 Å². The topological polar surface area (TPSA) is 133 Å². The zero-order valence-corrected chi connectivity index (χ0v) is 18.8. The number of nitrogens with one attached hydrogen (secondary N) is 1. The molecular weight excluding hydrogens is 420 g/mol. The van der Waals surface area contributed by atoms with Gasteiger partial charge in [0.1, 0.15) is 0 Å². The molecule has 10 heteroatoms. The smallest absolute Gasteiger partial charge is 0.331 e. The van der Waals surface area contributed by atoms with Gasteiger partial charge in [0.25, 0.3) is 5.91 Å². The summed E-state index contributed by atoms with van der Waals surface area (Å²) in [6.07, 6.45) is 7.10. The van der Waals surface area contributed by atoms with Crippen molar-refractivity contribution < 1.29 is 38.4 Å². The fourth-order valence-corrected chi connectivity index (χ4v) is 3.31. The number of carbonyl (C=O) groups excluding carboxylic acids is 3. The van der Waals surface area contributed by atoms with E-state index in [1.54, 1.807) is 6.92 Å². The Morgan fingerprint density at radius 3 is 2.53 bits per heavy atom. The average molecular weight is 453 g/mol. The van der Waals surface area contributed by atoms with Gasteiger partial charge in [-0.1, -0.05) is 12.8 Å². The molecule has 32 heavy (non-hydrogen) atoms. The Morgan fingerprint density at radius 2 is 1.94 bits per heavy atom. The van der Waals surface area contributed by atoms with Gasteiger partial charge in [0.2, 0.25) is 5.75 Å². The minimum absolute atomic E-state index is 0.0237. The van der Waals surface area contributed by atoms with Gasteiger partial charge in [0, 0.05) is 25.8 Å². The normalized spacial score (nSPS) is 21.7. The second-order valence-corrected chi connectivity index (χ2v) is 7.71. The molecule has 1 amide bonds. The summed E-state index contributed by atoms with van der Waals surface area (Å²) in [4.78, 5) is 40.1. The van der Waals surface area contributed by atoms with Crippen LogP contribution in [0.25, 0.3) is 0 Å². The van der Waals surface area contributed by atoms with Crippen LogP contribution in [-0.2, 0) is 19.1 Å². The number of methoxy groups -OCH3 is 1. The van der Waals surface area contributed by atoms with Crippen molar-refractivity contribution in [1.29, 1.82) is 0 Å². The van der Waals surface area contributed by atoms with Gasteiger partial charge in [-0.3, -0.25) is 9.59 Å². The first kappa shape index (κ1) is 25.5. The number of hydrogen-bond acceptors (Lipinski definition) is 9. The number of aliphatic hydroxyl groups is 1. The molecule has 1 aromatic heterocycles. The van der Waals surface area contributed by atoms with Gasteiger partial charge in [-0.2, -0.15) is 0 Å². The molecule has 1 aliphatic heterocycles. The lowest BCUT2D eigenvalue weighted by Gasteiger charge is -2.19. The highest BCUT2D eigenvalue weighted by Crippen LogP contribution is 2.29. The highest BCUT2D eigenvalue weighted by molar-refractivity contribution is 5.98. The van der Waals surface area contributed by atoms with Crippen LogP contribution < -0.4 is 14.8 Å². The predicted octanol–water partition coefficient (Wildman–Crippen LogP) is 1.78. The van der Waals surface area contributed by atoms with Gasteiger partial charge in [-0.15, -0.1) is 0 Å². The fourth-order valence-electron chi connectivity index (χ4n) is 3.31. The summed E-state index contributed by atoms with van der Waals surface area (Å²) in [5.41, 5.74) is -0.180. The monoisotopic (exact) mass is 452 g/mol. The van der Waals surface area contributed by atoms with E-state index in [2.05, 4.69) is 10.3 Å². The first-order chi connectivity index (χ1) is 15.3. The van der Waals surface area contributed by atoms with Crippen molar-refractivity contribution in [3.05, 3.63) is 18.0 Å². The van der Waals surface area contributed by atoms with E-state index in [0.717, 1.165) is 19.3 Å². The molecule has 2 atom stereocenters. The number of ether oxygens (including phenoxy) is 4. The minimum Gasteiger partial charge on any atom is -0.493 e. The van der Waals surface area contributed by atoms with Crippen LogP contribution in [0.2, 0.25) is 0 Å². The maximum absolute atomic E-state index is 12.6. The average Bonchev–Trinajstić information content (AvgIpc) is 3.24. The molecule has 2 N–H and O–H groups in total. The molecule has 10 nitrogen and oxygen atoms in total. The summed E-state index contributed by atoms with van der Waals surface area (Å²) in [6, 6.07) is 0.454. The number of esters is 2. The van der Waals surface area contributed by atoms with Crippen LogP contribution in [0, 0.1) is 0 Å². The van der Waals surface area contributed by atoms with Crippen LogP contribution in [0.15, 0.2) is 12.3 Å². The highest BCUT2D eigenvalue weighted by atomic mass is 16.6. The van der Waals surface area contributed by atoms with Crippen LogP contribution in [0.5, 0.6) is 11.5 Å². The molecule has 1 saturated heterocycles. The fraction of sp³-hybridized carbons (Fsp3) is 0.636. The van der Waals surface area contributed by atoms with Crippen molar-refractivity contribution in [2.24, 2.45) is 0 Å². The number of cyclic esters (lactones) is 1. The van der Waals surface area contributed by atoms with Crippen LogP contribution in [0.3, 0.4) is 0 Å². The summed E-state index contributed by atoms with van der Waals surface area (Å²) in [7, 11) is 1.37. The highest BCUT2D eigenvalue weighted by Gasteiger charge is 2.29. The summed E-state index contributed by atoms with van der Waals surface area (Å²) >= 11 is 0. The van der Waals surface area contributed by atoms with E-state index in [9.17, 15) is 14.4 Å². The van der Waals surface area contributed by atoms with Crippen LogP contribution >= 0.6 is 0 Å². The molecule has 1 unspecified atom stereocenters. The van der Waals surface area contributed by atoms with E-state index in [0.29, 0.717) is 13.0 Å². The number of carbonyl (C=O) groups is 3. The number of pyridine rings is 1. The molecular formula is C22H32N2O8. The molecule has 2 heterocycles. The maximum Gasteiger partial charge on any atom is 0.331 e. The van der Waals surface area contributed by atoms with E-state index in [-0.39, 0.29) is 36.0 Å². The van der Waals surface area contributed by atoms with E-state index in [4.69, 9.17) is 24.1 Å². The third-order valence-electron chi connectivity index (χ3n) is 4.96. The molecule has 0 aromatic carbocycles. The zero-order valence-electron chi connectivity index (χ0n) is 18.8. The van der Waals surface area contributed by atoms with Gasteiger partial charge in [0.05, 0.1) is 25.9 Å². The van der Waals surface area contributed by atoms with Gasteiger partial charge in [-0.25, -0.2) is 9.78 Å². The van der Waals surface area contributed by atoms with Crippen molar-refractivity contribution in [2.45, 2.75) is 70.6 Å². The number of hydrogen-bond donors (Lipinski definition) is 2. The van der Waals surface area contributed by atoms with E-state index < -0.39 is 23.9 Å². The quantitative estimate of drug-likeness (QED) is 0.656. The van der Waals surface area contributed by atoms with Crippen LogP contribution in [-0.4, -0.2) is 66.5 Å². The second-order valence-electron chi connectivity index (χ2n) is 7.71. The molecule has 0 spiro atoms. The summed E-state index contributed by atoms with van der Waals surface area (Å²) in [5, 5.41) is 11.2. The Balaban J connectivity index is 0.000000520. The third kappa shape index (κ3) is 8.08. The standard InChI is InChI=1S/C17H22N2O7.C5H10O/c1-10-5-4-8-24-9-12(17(22)25-10)19-16(21)14-15(26-11(2)20)13(23-3)6-7-18-14;6-5-3-1-2-4-5/h6-7,10,12H,4-5,8-9H2,1-3H3,(H,19,21);5-6H,1-4H2/t10?,12-;/m0./s1. The Hall–Kier alpha value is -2.72. The summed E-state index contributed by atoms with van der Waals surface area (Å²) in [5.74, 6) is -1.89. The first-order valence-electron chi connectivity index (χ1n) is 10.8. The number of amides is 1. The number of aromatic nitrogens is 1. The SMILES string of the molecule is COc1ccnc(C(=O)N[C@H]2COCCCC(C)OC2=O)c1OC(C)=O.OC1CCCC1. The Labute approximate surface area is 187 Å². The van der Waals surface area contributed by atoms with Crippen molar-refractivity contribution in [1.82, 2.24) is 10.3 Å². The van der Waals surface area contributed by atoms with E-state index >= 15 is 0 Å². The molecule has 0 radical (unpaired) electrons. The number of rotatable bonds is 4. The molecule has 2 fully saturated rings. The van der Waals surface area contributed by atoms with Crippen molar-refractivity contribution in [3.63, 3.8) is 0 Å². The Morgan fingerprint density at radius 1 is 1.22 bits per heavy atom. The summed E-state index contributed by atoms with van der Waals surface area (Å²) in [6.45, 7) is 3.41. The third-order valence-corrected chi connectivity index (χ3v) is 4.96.